The predicted octanol–water partition coefficient (Wildman–Crippen LogP) is 4.83. The molecule has 0 saturated carbocycles. The first kappa shape index (κ1) is 16.3. The molecule has 3 aromatic rings. The summed E-state index contributed by atoms with van der Waals surface area (Å²) in [5, 5.41) is 3.31. The van der Waals surface area contributed by atoms with Gasteiger partial charge in [-0.1, -0.05) is 54.6 Å². The summed E-state index contributed by atoms with van der Waals surface area (Å²) in [5.74, 6) is 1.56. The van der Waals surface area contributed by atoms with Crippen LogP contribution in [0, 0.1) is 0 Å². The van der Waals surface area contributed by atoms with E-state index in [1.54, 1.807) is 0 Å². The van der Waals surface area contributed by atoms with Crippen molar-refractivity contribution in [3.05, 3.63) is 78.9 Å². The Hall–Kier alpha value is -3.14. The van der Waals surface area contributed by atoms with E-state index in [0.717, 1.165) is 42.4 Å². The molecular weight excluding hydrogens is 320 g/mol. The smallest absolute Gasteiger partial charge is 0.232 e. The van der Waals surface area contributed by atoms with Crippen molar-refractivity contribution < 1.29 is 0 Å². The maximum absolute atomic E-state index is 4.88. The van der Waals surface area contributed by atoms with Crippen molar-refractivity contribution in [2.45, 2.75) is 12.8 Å². The molecule has 0 aliphatic carbocycles. The van der Waals surface area contributed by atoms with Gasteiger partial charge in [0.25, 0.3) is 0 Å². The van der Waals surface area contributed by atoms with Crippen molar-refractivity contribution in [1.29, 1.82) is 0 Å². The molecule has 2 aromatic carbocycles. The average molecular weight is 342 g/mol. The van der Waals surface area contributed by atoms with Crippen LogP contribution in [0.15, 0.2) is 73.3 Å². The van der Waals surface area contributed by atoms with Gasteiger partial charge in [-0.05, 0) is 24.5 Å². The maximum Gasteiger partial charge on any atom is 0.232 e. The van der Waals surface area contributed by atoms with E-state index in [0.29, 0.717) is 6.54 Å². The van der Waals surface area contributed by atoms with Gasteiger partial charge in [-0.3, -0.25) is 0 Å². The van der Waals surface area contributed by atoms with Crippen LogP contribution in [-0.4, -0.2) is 23.1 Å². The standard InChI is InChI=1S/C22H22N4/c1-2-14-23-21-16-19(17-9-4-3-5-10-17)24-22(25-21)26-15-8-12-18-11-6-7-13-20(18)26/h2-7,9-11,13,16H,1,8,12,14-15H2,(H,23,24,25). The van der Waals surface area contributed by atoms with E-state index in [1.807, 2.05) is 30.3 Å². The van der Waals surface area contributed by atoms with Gasteiger partial charge in [0.2, 0.25) is 5.95 Å². The molecule has 0 radical (unpaired) electrons. The molecule has 130 valence electrons. The highest BCUT2D eigenvalue weighted by atomic mass is 15.3. The van der Waals surface area contributed by atoms with Crippen LogP contribution in [-0.2, 0) is 6.42 Å². The van der Waals surface area contributed by atoms with Crippen molar-refractivity contribution in [1.82, 2.24) is 9.97 Å². The third-order valence-corrected chi connectivity index (χ3v) is 4.56. The lowest BCUT2D eigenvalue weighted by molar-refractivity contribution is 0.751. The number of hydrogen-bond acceptors (Lipinski definition) is 4. The lowest BCUT2D eigenvalue weighted by Crippen LogP contribution is -2.26. The number of para-hydroxylation sites is 1. The van der Waals surface area contributed by atoms with Gasteiger partial charge in [0, 0.05) is 30.4 Å². The summed E-state index contributed by atoms with van der Waals surface area (Å²) >= 11 is 0. The van der Waals surface area contributed by atoms with Crippen molar-refractivity contribution in [3.63, 3.8) is 0 Å². The molecule has 1 N–H and O–H groups in total. The fourth-order valence-corrected chi connectivity index (χ4v) is 3.32. The Balaban J connectivity index is 1.79. The summed E-state index contributed by atoms with van der Waals surface area (Å²) in [6.07, 6.45) is 4.04. The van der Waals surface area contributed by atoms with Gasteiger partial charge >= 0.3 is 0 Å². The van der Waals surface area contributed by atoms with E-state index < -0.39 is 0 Å². The van der Waals surface area contributed by atoms with E-state index in [2.05, 4.69) is 53.2 Å². The Morgan fingerprint density at radius 3 is 2.69 bits per heavy atom. The number of fused-ring (bicyclic) bond motifs is 1. The number of aryl methyl sites for hydroxylation is 1. The molecule has 0 fully saturated rings. The van der Waals surface area contributed by atoms with Gasteiger partial charge in [0.15, 0.2) is 0 Å². The van der Waals surface area contributed by atoms with Crippen LogP contribution in [0.3, 0.4) is 0 Å². The summed E-state index contributed by atoms with van der Waals surface area (Å²) in [6.45, 7) is 5.38. The molecule has 4 heteroatoms. The van der Waals surface area contributed by atoms with Crippen molar-refractivity contribution in [3.8, 4) is 11.3 Å². The summed E-state index contributed by atoms with van der Waals surface area (Å²) in [5.41, 5.74) is 4.57. The number of nitrogens with zero attached hydrogens (tertiary/aromatic N) is 3. The van der Waals surface area contributed by atoms with E-state index >= 15 is 0 Å². The Labute approximate surface area is 154 Å². The molecule has 1 aliphatic heterocycles. The quantitative estimate of drug-likeness (QED) is 0.675. The number of hydrogen-bond donors (Lipinski definition) is 1. The zero-order chi connectivity index (χ0) is 17.8. The molecule has 4 rings (SSSR count). The Morgan fingerprint density at radius 1 is 1.04 bits per heavy atom. The average Bonchev–Trinajstić information content (AvgIpc) is 2.72. The summed E-state index contributed by atoms with van der Waals surface area (Å²) in [4.78, 5) is 11.9. The van der Waals surface area contributed by atoms with Crippen LogP contribution in [0.5, 0.6) is 0 Å². The van der Waals surface area contributed by atoms with Gasteiger partial charge in [-0.15, -0.1) is 6.58 Å². The third kappa shape index (κ3) is 3.31. The maximum atomic E-state index is 4.88. The minimum atomic E-state index is 0.668. The normalized spacial score (nSPS) is 13.2. The van der Waals surface area contributed by atoms with Gasteiger partial charge in [-0.2, -0.15) is 4.98 Å². The van der Waals surface area contributed by atoms with Gasteiger partial charge in [0.1, 0.15) is 5.82 Å². The van der Waals surface area contributed by atoms with Crippen LogP contribution in [0.25, 0.3) is 11.3 Å². The number of rotatable bonds is 5. The summed E-state index contributed by atoms with van der Waals surface area (Å²) < 4.78 is 0. The molecule has 0 atom stereocenters. The highest BCUT2D eigenvalue weighted by Gasteiger charge is 2.21. The highest BCUT2D eigenvalue weighted by molar-refractivity contribution is 5.69. The van der Waals surface area contributed by atoms with Crippen LogP contribution in [0.1, 0.15) is 12.0 Å². The molecule has 2 heterocycles. The first-order valence-corrected chi connectivity index (χ1v) is 9.00. The predicted molar refractivity (Wildman–Crippen MR) is 108 cm³/mol. The highest BCUT2D eigenvalue weighted by Crippen LogP contribution is 2.33. The zero-order valence-electron chi connectivity index (χ0n) is 14.7. The minimum Gasteiger partial charge on any atom is -0.366 e. The van der Waals surface area contributed by atoms with Crippen molar-refractivity contribution >= 4 is 17.5 Å². The second kappa shape index (κ2) is 7.40. The fourth-order valence-electron chi connectivity index (χ4n) is 3.32. The largest absolute Gasteiger partial charge is 0.366 e. The molecule has 1 aliphatic rings. The van der Waals surface area contributed by atoms with Crippen LogP contribution in [0.4, 0.5) is 17.5 Å². The van der Waals surface area contributed by atoms with E-state index in [4.69, 9.17) is 9.97 Å². The summed E-state index contributed by atoms with van der Waals surface area (Å²) in [7, 11) is 0. The van der Waals surface area contributed by atoms with E-state index in [1.165, 1.54) is 11.3 Å². The number of nitrogens with one attached hydrogen (secondary N) is 1. The third-order valence-electron chi connectivity index (χ3n) is 4.56. The second-order valence-corrected chi connectivity index (χ2v) is 6.36. The molecule has 0 spiro atoms. The van der Waals surface area contributed by atoms with Crippen molar-refractivity contribution in [2.24, 2.45) is 0 Å². The Morgan fingerprint density at radius 2 is 1.85 bits per heavy atom. The summed E-state index contributed by atoms with van der Waals surface area (Å²) in [6, 6.07) is 20.8. The van der Waals surface area contributed by atoms with E-state index in [9.17, 15) is 0 Å². The van der Waals surface area contributed by atoms with Gasteiger partial charge in [-0.25, -0.2) is 4.98 Å². The number of anilines is 3. The van der Waals surface area contributed by atoms with Crippen LogP contribution in [0.2, 0.25) is 0 Å². The molecule has 4 nitrogen and oxygen atoms in total. The Bertz CT molecular complexity index is 905. The Kier molecular flexibility index (Phi) is 4.65. The molecular formula is C22H22N4. The lowest BCUT2D eigenvalue weighted by Gasteiger charge is -2.30. The van der Waals surface area contributed by atoms with Crippen LogP contribution < -0.4 is 10.2 Å². The number of aromatic nitrogens is 2. The van der Waals surface area contributed by atoms with Crippen molar-refractivity contribution in [2.75, 3.05) is 23.3 Å². The SMILES string of the molecule is C=CCNc1cc(-c2ccccc2)nc(N2CCCc3ccccc32)n1. The zero-order valence-corrected chi connectivity index (χ0v) is 14.7. The lowest BCUT2D eigenvalue weighted by atomic mass is 10.0. The molecule has 1 aromatic heterocycles. The van der Waals surface area contributed by atoms with E-state index in [-0.39, 0.29) is 0 Å². The minimum absolute atomic E-state index is 0.668. The van der Waals surface area contributed by atoms with Gasteiger partial charge < -0.3 is 10.2 Å². The van der Waals surface area contributed by atoms with Crippen LogP contribution >= 0.6 is 0 Å². The first-order chi connectivity index (χ1) is 12.8. The molecule has 0 saturated heterocycles. The molecule has 0 amide bonds. The second-order valence-electron chi connectivity index (χ2n) is 6.36. The fraction of sp³-hybridized carbons (Fsp3) is 0.182. The number of benzene rings is 2. The van der Waals surface area contributed by atoms with Gasteiger partial charge in [0.05, 0.1) is 5.69 Å². The molecule has 0 unspecified atom stereocenters. The molecule has 0 bridgehead atoms. The monoisotopic (exact) mass is 342 g/mol. The topological polar surface area (TPSA) is 41.1 Å². The molecule has 26 heavy (non-hydrogen) atoms. The first-order valence-electron chi connectivity index (χ1n) is 9.00.